The van der Waals surface area contributed by atoms with Crippen molar-refractivity contribution in [1.82, 2.24) is 9.88 Å². The van der Waals surface area contributed by atoms with Gasteiger partial charge in [0, 0.05) is 18.7 Å². The lowest BCUT2D eigenvalue weighted by Gasteiger charge is -2.23. The monoisotopic (exact) mass is 235 g/mol. The van der Waals surface area contributed by atoms with Crippen LogP contribution in [0.1, 0.15) is 19.8 Å². The van der Waals surface area contributed by atoms with Crippen LogP contribution in [-0.2, 0) is 0 Å². The van der Waals surface area contributed by atoms with Crippen LogP contribution in [0.4, 0.5) is 5.82 Å². The molecule has 0 aliphatic carbocycles. The number of likely N-dealkylation sites (tertiary alicyclic amines) is 1. The van der Waals surface area contributed by atoms with Gasteiger partial charge in [0.15, 0.2) is 0 Å². The van der Waals surface area contributed by atoms with Gasteiger partial charge in [0.25, 0.3) is 0 Å². The fourth-order valence-electron chi connectivity index (χ4n) is 2.39. The molecule has 0 radical (unpaired) electrons. The van der Waals surface area contributed by atoms with Crippen LogP contribution in [0, 0.1) is 0 Å². The second-order valence-corrected chi connectivity index (χ2v) is 4.37. The Morgan fingerprint density at radius 1 is 1.53 bits per heavy atom. The molecule has 1 unspecified atom stereocenters. The van der Waals surface area contributed by atoms with Crippen LogP contribution in [-0.4, -0.2) is 42.7 Å². The highest BCUT2D eigenvalue weighted by Gasteiger charge is 2.22. The van der Waals surface area contributed by atoms with Gasteiger partial charge in [-0.15, -0.1) is 0 Å². The molecule has 1 atom stereocenters. The van der Waals surface area contributed by atoms with Gasteiger partial charge >= 0.3 is 0 Å². The summed E-state index contributed by atoms with van der Waals surface area (Å²) in [7, 11) is 1.64. The minimum Gasteiger partial charge on any atom is -0.481 e. The van der Waals surface area contributed by atoms with Gasteiger partial charge in [-0.3, -0.25) is 4.90 Å². The number of ether oxygens (including phenoxy) is 1. The Hall–Kier alpha value is -1.29. The van der Waals surface area contributed by atoms with Gasteiger partial charge in [-0.2, -0.15) is 4.98 Å². The van der Waals surface area contributed by atoms with Crippen molar-refractivity contribution in [3.8, 4) is 5.88 Å². The first kappa shape index (κ1) is 12.2. The molecule has 0 saturated carbocycles. The molecular formula is C13H21N3O. The molecule has 2 rings (SSSR count). The molecule has 2 heterocycles. The summed E-state index contributed by atoms with van der Waals surface area (Å²) in [5.74, 6) is 1.56. The third-order valence-corrected chi connectivity index (χ3v) is 3.36. The van der Waals surface area contributed by atoms with E-state index in [4.69, 9.17) is 4.74 Å². The lowest BCUT2D eigenvalue weighted by Crippen LogP contribution is -2.34. The largest absolute Gasteiger partial charge is 0.481 e. The van der Waals surface area contributed by atoms with E-state index in [1.807, 2.05) is 18.2 Å². The highest BCUT2D eigenvalue weighted by molar-refractivity contribution is 5.37. The number of anilines is 1. The van der Waals surface area contributed by atoms with Crippen LogP contribution < -0.4 is 10.1 Å². The first-order valence-electron chi connectivity index (χ1n) is 6.32. The Labute approximate surface area is 103 Å². The van der Waals surface area contributed by atoms with Crippen LogP contribution in [0.3, 0.4) is 0 Å². The second kappa shape index (κ2) is 5.87. The molecule has 1 saturated heterocycles. The van der Waals surface area contributed by atoms with E-state index in [0.717, 1.165) is 18.9 Å². The van der Waals surface area contributed by atoms with Crippen molar-refractivity contribution in [3.63, 3.8) is 0 Å². The maximum atomic E-state index is 5.11. The Morgan fingerprint density at radius 3 is 3.18 bits per heavy atom. The van der Waals surface area contributed by atoms with Gasteiger partial charge in [0.2, 0.25) is 5.88 Å². The van der Waals surface area contributed by atoms with E-state index in [1.165, 1.54) is 19.4 Å². The third-order valence-electron chi connectivity index (χ3n) is 3.36. The van der Waals surface area contributed by atoms with Crippen molar-refractivity contribution in [2.75, 3.05) is 32.1 Å². The molecule has 0 amide bonds. The number of pyridine rings is 1. The fourth-order valence-corrected chi connectivity index (χ4v) is 2.39. The van der Waals surface area contributed by atoms with E-state index in [9.17, 15) is 0 Å². The van der Waals surface area contributed by atoms with E-state index < -0.39 is 0 Å². The summed E-state index contributed by atoms with van der Waals surface area (Å²) in [6.45, 7) is 5.56. The van der Waals surface area contributed by atoms with Crippen molar-refractivity contribution in [3.05, 3.63) is 18.2 Å². The molecule has 1 aliphatic heterocycles. The van der Waals surface area contributed by atoms with Crippen LogP contribution in [0.15, 0.2) is 18.2 Å². The zero-order valence-corrected chi connectivity index (χ0v) is 10.6. The number of hydrogen-bond donors (Lipinski definition) is 1. The van der Waals surface area contributed by atoms with Gasteiger partial charge in [0.05, 0.1) is 7.11 Å². The first-order valence-corrected chi connectivity index (χ1v) is 6.32. The van der Waals surface area contributed by atoms with Crippen molar-refractivity contribution < 1.29 is 4.74 Å². The summed E-state index contributed by atoms with van der Waals surface area (Å²) in [6.07, 6.45) is 2.59. The van der Waals surface area contributed by atoms with Crippen molar-refractivity contribution in [2.45, 2.75) is 25.8 Å². The molecule has 0 bridgehead atoms. The van der Waals surface area contributed by atoms with Crippen molar-refractivity contribution >= 4 is 5.82 Å². The molecule has 1 fully saturated rings. The molecule has 1 N–H and O–H groups in total. The van der Waals surface area contributed by atoms with Crippen LogP contribution in [0.2, 0.25) is 0 Å². The summed E-state index contributed by atoms with van der Waals surface area (Å²) in [5, 5.41) is 3.39. The second-order valence-electron chi connectivity index (χ2n) is 4.37. The van der Waals surface area contributed by atoms with Gasteiger partial charge in [-0.25, -0.2) is 0 Å². The lowest BCUT2D eigenvalue weighted by atomic mass is 10.2. The van der Waals surface area contributed by atoms with E-state index in [2.05, 4.69) is 22.1 Å². The predicted octanol–water partition coefficient (Wildman–Crippen LogP) is 1.99. The number of aromatic nitrogens is 1. The van der Waals surface area contributed by atoms with Gasteiger partial charge in [-0.1, -0.05) is 13.0 Å². The van der Waals surface area contributed by atoms with Crippen LogP contribution >= 0.6 is 0 Å². The number of likely N-dealkylation sites (N-methyl/N-ethyl adjacent to an activating group) is 1. The summed E-state index contributed by atoms with van der Waals surface area (Å²) in [5.41, 5.74) is 0. The predicted molar refractivity (Wildman–Crippen MR) is 69.5 cm³/mol. The lowest BCUT2D eigenvalue weighted by molar-refractivity contribution is 0.277. The van der Waals surface area contributed by atoms with Crippen molar-refractivity contribution in [1.29, 1.82) is 0 Å². The Bertz CT molecular complexity index is 356. The molecule has 1 aliphatic rings. The average molecular weight is 235 g/mol. The number of methoxy groups -OCH3 is 1. The normalized spacial score (nSPS) is 20.5. The average Bonchev–Trinajstić information content (AvgIpc) is 2.84. The van der Waals surface area contributed by atoms with Crippen LogP contribution in [0.5, 0.6) is 5.88 Å². The Morgan fingerprint density at radius 2 is 2.41 bits per heavy atom. The minimum absolute atomic E-state index is 0.646. The molecule has 0 spiro atoms. The topological polar surface area (TPSA) is 37.4 Å². The number of nitrogens with zero attached hydrogens (tertiary/aromatic N) is 2. The standard InChI is InChI=1S/C13H21N3O/c1-3-16-9-5-6-11(16)10-14-12-7-4-8-13(15-12)17-2/h4,7-8,11H,3,5-6,9-10H2,1-2H3,(H,14,15). The third kappa shape index (κ3) is 3.09. The summed E-state index contributed by atoms with van der Waals surface area (Å²) in [4.78, 5) is 6.87. The van der Waals surface area contributed by atoms with E-state index in [-0.39, 0.29) is 0 Å². The molecule has 17 heavy (non-hydrogen) atoms. The highest BCUT2D eigenvalue weighted by atomic mass is 16.5. The molecule has 1 aromatic heterocycles. The SMILES string of the molecule is CCN1CCCC1CNc1cccc(OC)n1. The molecule has 0 aromatic carbocycles. The maximum absolute atomic E-state index is 5.11. The quantitative estimate of drug-likeness (QED) is 0.847. The molecule has 4 heteroatoms. The van der Waals surface area contributed by atoms with Gasteiger partial charge < -0.3 is 10.1 Å². The van der Waals surface area contributed by atoms with Crippen LogP contribution in [0.25, 0.3) is 0 Å². The van der Waals surface area contributed by atoms with E-state index in [0.29, 0.717) is 11.9 Å². The molecule has 94 valence electrons. The zero-order valence-electron chi connectivity index (χ0n) is 10.6. The minimum atomic E-state index is 0.646. The maximum Gasteiger partial charge on any atom is 0.214 e. The first-order chi connectivity index (χ1) is 8.33. The molecule has 4 nitrogen and oxygen atoms in total. The Kier molecular flexibility index (Phi) is 4.20. The number of nitrogens with one attached hydrogen (secondary N) is 1. The summed E-state index contributed by atoms with van der Waals surface area (Å²) in [6, 6.07) is 6.45. The molecular weight excluding hydrogens is 214 g/mol. The summed E-state index contributed by atoms with van der Waals surface area (Å²) >= 11 is 0. The molecule has 1 aromatic rings. The highest BCUT2D eigenvalue weighted by Crippen LogP contribution is 2.17. The van der Waals surface area contributed by atoms with E-state index in [1.54, 1.807) is 7.11 Å². The van der Waals surface area contributed by atoms with Crippen molar-refractivity contribution in [2.24, 2.45) is 0 Å². The van der Waals surface area contributed by atoms with E-state index >= 15 is 0 Å². The number of rotatable bonds is 5. The zero-order chi connectivity index (χ0) is 12.1. The fraction of sp³-hybridized carbons (Fsp3) is 0.615. The van der Waals surface area contributed by atoms with Gasteiger partial charge in [0.1, 0.15) is 5.82 Å². The summed E-state index contributed by atoms with van der Waals surface area (Å²) < 4.78 is 5.11. The number of hydrogen-bond acceptors (Lipinski definition) is 4. The Balaban J connectivity index is 1.88. The smallest absolute Gasteiger partial charge is 0.214 e. The van der Waals surface area contributed by atoms with Gasteiger partial charge in [-0.05, 0) is 32.0 Å².